The van der Waals surface area contributed by atoms with Gasteiger partial charge in [0.1, 0.15) is 0 Å². The number of aromatic nitrogens is 1. The second-order valence-corrected chi connectivity index (χ2v) is 3.95. The number of benzene rings is 1. The SMILES string of the molecule is CC(CO)Nc1c(F)cc(N)c2cccnc12. The molecule has 0 saturated carbocycles. The Morgan fingerprint density at radius 1 is 1.59 bits per heavy atom. The largest absolute Gasteiger partial charge is 0.398 e. The number of nitrogen functional groups attached to an aromatic ring is 1. The Balaban J connectivity index is 2.61. The van der Waals surface area contributed by atoms with Crippen molar-refractivity contribution in [3.05, 3.63) is 30.2 Å². The molecule has 0 saturated heterocycles. The van der Waals surface area contributed by atoms with Gasteiger partial charge in [0.2, 0.25) is 0 Å². The van der Waals surface area contributed by atoms with Crippen LogP contribution in [0.4, 0.5) is 15.8 Å². The van der Waals surface area contributed by atoms with Gasteiger partial charge in [-0.25, -0.2) is 4.39 Å². The van der Waals surface area contributed by atoms with E-state index in [0.717, 1.165) is 0 Å². The highest BCUT2D eigenvalue weighted by Gasteiger charge is 2.13. The molecule has 4 nitrogen and oxygen atoms in total. The van der Waals surface area contributed by atoms with Crippen LogP contribution in [0.1, 0.15) is 6.92 Å². The molecule has 0 spiro atoms. The van der Waals surface area contributed by atoms with Crippen LogP contribution in [0, 0.1) is 5.82 Å². The fourth-order valence-corrected chi connectivity index (χ4v) is 1.67. The summed E-state index contributed by atoms with van der Waals surface area (Å²) in [5.74, 6) is -0.464. The third-order valence-corrected chi connectivity index (χ3v) is 2.54. The summed E-state index contributed by atoms with van der Waals surface area (Å²) in [6.45, 7) is 1.67. The second-order valence-electron chi connectivity index (χ2n) is 3.95. The Kier molecular flexibility index (Phi) is 3.10. The number of hydrogen-bond acceptors (Lipinski definition) is 4. The summed E-state index contributed by atoms with van der Waals surface area (Å²) >= 11 is 0. The molecule has 0 radical (unpaired) electrons. The molecule has 1 aromatic heterocycles. The molecule has 90 valence electrons. The number of anilines is 2. The summed E-state index contributed by atoms with van der Waals surface area (Å²) in [6.07, 6.45) is 1.58. The summed E-state index contributed by atoms with van der Waals surface area (Å²) in [5, 5.41) is 12.6. The van der Waals surface area contributed by atoms with E-state index in [1.165, 1.54) is 6.07 Å². The van der Waals surface area contributed by atoms with E-state index in [0.29, 0.717) is 16.6 Å². The van der Waals surface area contributed by atoms with Crippen LogP contribution in [0.25, 0.3) is 10.9 Å². The van der Waals surface area contributed by atoms with E-state index in [2.05, 4.69) is 10.3 Å². The van der Waals surface area contributed by atoms with Gasteiger partial charge in [-0.3, -0.25) is 4.98 Å². The minimum Gasteiger partial charge on any atom is -0.398 e. The zero-order chi connectivity index (χ0) is 12.4. The molecule has 1 aromatic carbocycles. The lowest BCUT2D eigenvalue weighted by atomic mass is 10.1. The Hall–Kier alpha value is -1.88. The van der Waals surface area contributed by atoms with Crippen LogP contribution in [0.2, 0.25) is 0 Å². The van der Waals surface area contributed by atoms with Crippen molar-refractivity contribution in [2.75, 3.05) is 17.7 Å². The number of pyridine rings is 1. The number of nitrogens with one attached hydrogen (secondary N) is 1. The molecule has 4 N–H and O–H groups in total. The van der Waals surface area contributed by atoms with Crippen molar-refractivity contribution < 1.29 is 9.50 Å². The normalized spacial score (nSPS) is 12.6. The van der Waals surface area contributed by atoms with Gasteiger partial charge < -0.3 is 16.2 Å². The Bertz CT molecular complexity index is 545. The number of aliphatic hydroxyl groups excluding tert-OH is 1. The lowest BCUT2D eigenvalue weighted by Gasteiger charge is -2.15. The molecule has 1 heterocycles. The fourth-order valence-electron chi connectivity index (χ4n) is 1.67. The van der Waals surface area contributed by atoms with Crippen molar-refractivity contribution in [3.8, 4) is 0 Å². The summed E-state index contributed by atoms with van der Waals surface area (Å²) in [4.78, 5) is 4.13. The summed E-state index contributed by atoms with van der Waals surface area (Å²) in [5.41, 5.74) is 6.84. The average molecular weight is 235 g/mol. The van der Waals surface area contributed by atoms with Gasteiger partial charge in [-0.15, -0.1) is 0 Å². The smallest absolute Gasteiger partial charge is 0.150 e. The van der Waals surface area contributed by atoms with Crippen LogP contribution in [0.3, 0.4) is 0 Å². The van der Waals surface area contributed by atoms with E-state index in [9.17, 15) is 4.39 Å². The number of nitrogens with two attached hydrogens (primary N) is 1. The van der Waals surface area contributed by atoms with Gasteiger partial charge in [-0.2, -0.15) is 0 Å². The van der Waals surface area contributed by atoms with Gasteiger partial charge in [-0.1, -0.05) is 0 Å². The standard InChI is InChI=1S/C12H14FN3O/c1-7(6-17)16-12-9(13)5-10(14)8-3-2-4-15-11(8)12/h2-5,7,16-17H,6,14H2,1H3. The minimum atomic E-state index is -0.464. The molecule has 2 aromatic rings. The topological polar surface area (TPSA) is 71.2 Å². The van der Waals surface area contributed by atoms with E-state index in [1.807, 2.05) is 0 Å². The van der Waals surface area contributed by atoms with Crippen molar-refractivity contribution in [1.82, 2.24) is 4.98 Å². The molecule has 1 unspecified atom stereocenters. The molecule has 0 amide bonds. The summed E-state index contributed by atoms with van der Waals surface area (Å²) in [7, 11) is 0. The molecule has 0 fully saturated rings. The maximum Gasteiger partial charge on any atom is 0.150 e. The highest BCUT2D eigenvalue weighted by atomic mass is 19.1. The number of nitrogens with zero attached hydrogens (tertiary/aromatic N) is 1. The van der Waals surface area contributed by atoms with E-state index >= 15 is 0 Å². The highest BCUT2D eigenvalue weighted by Crippen LogP contribution is 2.29. The summed E-state index contributed by atoms with van der Waals surface area (Å²) in [6, 6.07) is 4.54. The third kappa shape index (κ3) is 2.14. The molecule has 0 aliphatic carbocycles. The van der Waals surface area contributed by atoms with Crippen molar-refractivity contribution in [3.63, 3.8) is 0 Å². The first-order chi connectivity index (χ1) is 8.13. The molecule has 17 heavy (non-hydrogen) atoms. The van der Waals surface area contributed by atoms with Crippen LogP contribution in [0.15, 0.2) is 24.4 Å². The molecule has 0 aliphatic rings. The first-order valence-electron chi connectivity index (χ1n) is 5.33. The van der Waals surface area contributed by atoms with E-state index in [4.69, 9.17) is 10.8 Å². The van der Waals surface area contributed by atoms with Crippen LogP contribution in [-0.4, -0.2) is 22.7 Å². The van der Waals surface area contributed by atoms with Crippen LogP contribution < -0.4 is 11.1 Å². The number of fused-ring (bicyclic) bond motifs is 1. The number of rotatable bonds is 3. The van der Waals surface area contributed by atoms with Crippen LogP contribution >= 0.6 is 0 Å². The number of hydrogen-bond donors (Lipinski definition) is 3. The Morgan fingerprint density at radius 2 is 2.35 bits per heavy atom. The van der Waals surface area contributed by atoms with Gasteiger partial charge in [-0.05, 0) is 25.1 Å². The Labute approximate surface area is 98.3 Å². The molecule has 2 rings (SSSR count). The van der Waals surface area contributed by atoms with Crippen molar-refractivity contribution in [2.24, 2.45) is 0 Å². The zero-order valence-corrected chi connectivity index (χ0v) is 9.44. The van der Waals surface area contributed by atoms with Crippen molar-refractivity contribution >= 4 is 22.3 Å². The van der Waals surface area contributed by atoms with Gasteiger partial charge in [0.25, 0.3) is 0 Å². The number of aliphatic hydroxyl groups is 1. The maximum absolute atomic E-state index is 13.8. The van der Waals surface area contributed by atoms with E-state index < -0.39 is 5.82 Å². The second kappa shape index (κ2) is 4.55. The number of halogens is 1. The van der Waals surface area contributed by atoms with Gasteiger partial charge in [0, 0.05) is 23.3 Å². The molecule has 1 atom stereocenters. The quantitative estimate of drug-likeness (QED) is 0.709. The van der Waals surface area contributed by atoms with Gasteiger partial charge >= 0.3 is 0 Å². The lowest BCUT2D eigenvalue weighted by molar-refractivity contribution is 0.281. The van der Waals surface area contributed by atoms with Crippen molar-refractivity contribution in [2.45, 2.75) is 13.0 Å². The zero-order valence-electron chi connectivity index (χ0n) is 9.44. The van der Waals surface area contributed by atoms with Crippen LogP contribution in [0.5, 0.6) is 0 Å². The third-order valence-electron chi connectivity index (χ3n) is 2.54. The first kappa shape index (κ1) is 11.6. The Morgan fingerprint density at radius 3 is 3.06 bits per heavy atom. The predicted molar refractivity (Wildman–Crippen MR) is 66.3 cm³/mol. The average Bonchev–Trinajstić information content (AvgIpc) is 2.34. The molecule has 0 bridgehead atoms. The lowest BCUT2D eigenvalue weighted by Crippen LogP contribution is -2.20. The predicted octanol–water partition coefficient (Wildman–Crippen LogP) is 1.75. The minimum absolute atomic E-state index is 0.0852. The van der Waals surface area contributed by atoms with Gasteiger partial charge in [0.05, 0.1) is 17.8 Å². The van der Waals surface area contributed by atoms with E-state index in [1.54, 1.807) is 25.3 Å². The molecular weight excluding hydrogens is 221 g/mol. The van der Waals surface area contributed by atoms with Gasteiger partial charge in [0.15, 0.2) is 5.82 Å². The molecule has 5 heteroatoms. The highest BCUT2D eigenvalue weighted by molar-refractivity contribution is 5.98. The monoisotopic (exact) mass is 235 g/mol. The van der Waals surface area contributed by atoms with E-state index in [-0.39, 0.29) is 18.3 Å². The first-order valence-corrected chi connectivity index (χ1v) is 5.33. The fraction of sp³-hybridized carbons (Fsp3) is 0.250. The molecular formula is C12H14FN3O. The van der Waals surface area contributed by atoms with Crippen molar-refractivity contribution in [1.29, 1.82) is 0 Å². The van der Waals surface area contributed by atoms with Crippen LogP contribution in [-0.2, 0) is 0 Å². The summed E-state index contributed by atoms with van der Waals surface area (Å²) < 4.78 is 13.8. The maximum atomic E-state index is 13.8. The molecule has 0 aliphatic heterocycles.